The molecule has 2 amide bonds. The summed E-state index contributed by atoms with van der Waals surface area (Å²) in [5.41, 5.74) is 2.85. The van der Waals surface area contributed by atoms with Crippen LogP contribution in [0.4, 0.5) is 5.69 Å². The largest absolute Gasteiger partial charge is 0.496 e. The quantitative estimate of drug-likeness (QED) is 0.643. The molecule has 1 saturated carbocycles. The van der Waals surface area contributed by atoms with Gasteiger partial charge in [0.05, 0.1) is 19.1 Å². The van der Waals surface area contributed by atoms with E-state index in [9.17, 15) is 9.59 Å². The van der Waals surface area contributed by atoms with Crippen molar-refractivity contribution in [2.75, 3.05) is 19.1 Å². The Morgan fingerprint density at radius 2 is 1.69 bits per heavy atom. The lowest BCUT2D eigenvalue weighted by Gasteiger charge is -2.43. The average Bonchev–Trinajstić information content (AvgIpc) is 2.84. The van der Waals surface area contributed by atoms with Gasteiger partial charge in [0.15, 0.2) is 0 Å². The molecule has 0 bridgehead atoms. The van der Waals surface area contributed by atoms with Crippen molar-refractivity contribution in [1.29, 1.82) is 0 Å². The molecule has 0 radical (unpaired) electrons. The van der Waals surface area contributed by atoms with Crippen molar-refractivity contribution in [2.45, 2.75) is 64.0 Å². The Labute approximate surface area is 191 Å². The fraction of sp³-hybridized carbons (Fsp3) is 0.481. The maximum atomic E-state index is 13.9. The molecule has 2 fully saturated rings. The molecule has 0 spiro atoms. The van der Waals surface area contributed by atoms with Gasteiger partial charge in [-0.3, -0.25) is 9.59 Å². The van der Waals surface area contributed by atoms with E-state index >= 15 is 0 Å². The smallest absolute Gasteiger partial charge is 0.228 e. The Kier molecular flexibility index (Phi) is 6.83. The second-order valence-corrected chi connectivity index (χ2v) is 9.17. The minimum absolute atomic E-state index is 0.0501. The van der Waals surface area contributed by atoms with Crippen molar-refractivity contribution < 1.29 is 14.3 Å². The maximum absolute atomic E-state index is 13.9. The highest BCUT2D eigenvalue weighted by Gasteiger charge is 2.44. The van der Waals surface area contributed by atoms with Crippen molar-refractivity contribution in [3.05, 3.63) is 59.7 Å². The van der Waals surface area contributed by atoms with Crippen molar-refractivity contribution >= 4 is 17.5 Å². The van der Waals surface area contributed by atoms with Crippen LogP contribution < -0.4 is 9.64 Å². The molecule has 1 saturated heterocycles. The summed E-state index contributed by atoms with van der Waals surface area (Å²) in [5, 5.41) is 0. The van der Waals surface area contributed by atoms with Gasteiger partial charge in [-0.25, -0.2) is 0 Å². The molecular formula is C27H34N2O3. The predicted octanol–water partition coefficient (Wildman–Crippen LogP) is 5.28. The molecule has 2 unspecified atom stereocenters. The number of para-hydroxylation sites is 1. The summed E-state index contributed by atoms with van der Waals surface area (Å²) in [4.78, 5) is 30.9. The molecule has 5 heteroatoms. The molecule has 2 aromatic carbocycles. The molecule has 1 aliphatic heterocycles. The molecule has 1 heterocycles. The molecule has 1 aliphatic carbocycles. The van der Waals surface area contributed by atoms with E-state index in [0.29, 0.717) is 24.6 Å². The normalized spacial score (nSPS) is 22.0. The van der Waals surface area contributed by atoms with E-state index in [2.05, 4.69) is 0 Å². The maximum Gasteiger partial charge on any atom is 0.228 e. The number of ether oxygens (including phenoxy) is 1. The number of carbonyl (C=O) groups excluding carboxylic acids is 2. The summed E-state index contributed by atoms with van der Waals surface area (Å²) in [7, 11) is 3.59. The number of benzene rings is 2. The fourth-order valence-electron chi connectivity index (χ4n) is 5.34. The van der Waals surface area contributed by atoms with Gasteiger partial charge in [-0.2, -0.15) is 0 Å². The van der Waals surface area contributed by atoms with Crippen LogP contribution in [-0.2, 0) is 9.59 Å². The van der Waals surface area contributed by atoms with E-state index in [1.165, 1.54) is 19.3 Å². The number of carbonyl (C=O) groups is 2. The number of nitrogens with zero attached hydrogens (tertiary/aromatic N) is 2. The Bertz CT molecular complexity index is 950. The second-order valence-electron chi connectivity index (χ2n) is 9.17. The van der Waals surface area contributed by atoms with Crippen molar-refractivity contribution in [3.8, 4) is 5.75 Å². The molecule has 2 atom stereocenters. The number of piperidine rings is 1. The zero-order valence-corrected chi connectivity index (χ0v) is 19.4. The Morgan fingerprint density at radius 1 is 1.00 bits per heavy atom. The van der Waals surface area contributed by atoms with E-state index in [1.807, 2.05) is 72.3 Å². The van der Waals surface area contributed by atoms with Crippen LogP contribution >= 0.6 is 0 Å². The third kappa shape index (κ3) is 4.38. The number of amides is 2. The average molecular weight is 435 g/mol. The molecule has 5 nitrogen and oxygen atoms in total. The van der Waals surface area contributed by atoms with Crippen LogP contribution in [0.15, 0.2) is 48.5 Å². The van der Waals surface area contributed by atoms with Gasteiger partial charge in [0.1, 0.15) is 5.75 Å². The number of methoxy groups -OCH3 is 1. The van der Waals surface area contributed by atoms with Gasteiger partial charge in [0.25, 0.3) is 0 Å². The van der Waals surface area contributed by atoms with Gasteiger partial charge >= 0.3 is 0 Å². The molecule has 4 rings (SSSR count). The van der Waals surface area contributed by atoms with Crippen LogP contribution in [0.25, 0.3) is 0 Å². The Balaban J connectivity index is 1.76. The fourth-order valence-corrected chi connectivity index (χ4v) is 5.34. The van der Waals surface area contributed by atoms with E-state index in [4.69, 9.17) is 4.74 Å². The number of hydrogen-bond donors (Lipinski definition) is 0. The van der Waals surface area contributed by atoms with E-state index in [0.717, 1.165) is 29.7 Å². The number of rotatable bonds is 5. The third-order valence-electron chi connectivity index (χ3n) is 7.15. The van der Waals surface area contributed by atoms with Crippen LogP contribution in [0, 0.1) is 12.8 Å². The summed E-state index contributed by atoms with van der Waals surface area (Å²) in [6.07, 6.45) is 6.66. The summed E-state index contributed by atoms with van der Waals surface area (Å²) in [6, 6.07) is 15.7. The first-order valence-electron chi connectivity index (χ1n) is 11.8. The standard InChI is InChI=1S/C27H34N2O3/c1-19-13-15-21(16-14-19)29-25(30)18-17-23(26(29)22-11-7-8-12-24(22)32-3)27(31)28(2)20-9-5-4-6-10-20/h7-8,11-16,20,23,26H,4-6,9-10,17-18H2,1-3H3. The third-order valence-corrected chi connectivity index (χ3v) is 7.15. The van der Waals surface area contributed by atoms with Gasteiger partial charge in [-0.15, -0.1) is 0 Å². The first-order chi connectivity index (χ1) is 15.5. The molecule has 32 heavy (non-hydrogen) atoms. The molecule has 0 N–H and O–H groups in total. The molecule has 2 aliphatic rings. The lowest BCUT2D eigenvalue weighted by molar-refractivity contribution is -0.139. The predicted molar refractivity (Wildman–Crippen MR) is 127 cm³/mol. The lowest BCUT2D eigenvalue weighted by Crippen LogP contribution is -2.50. The molecular weight excluding hydrogens is 400 g/mol. The highest BCUT2D eigenvalue weighted by atomic mass is 16.5. The lowest BCUT2D eigenvalue weighted by atomic mass is 9.81. The van der Waals surface area contributed by atoms with Gasteiger partial charge < -0.3 is 14.5 Å². The zero-order chi connectivity index (χ0) is 22.7. The minimum Gasteiger partial charge on any atom is -0.496 e. The van der Waals surface area contributed by atoms with Crippen LogP contribution in [0.2, 0.25) is 0 Å². The van der Waals surface area contributed by atoms with E-state index < -0.39 is 6.04 Å². The second kappa shape index (κ2) is 9.76. The van der Waals surface area contributed by atoms with Crippen molar-refractivity contribution in [1.82, 2.24) is 4.90 Å². The minimum atomic E-state index is -0.395. The first kappa shape index (κ1) is 22.4. The monoisotopic (exact) mass is 434 g/mol. The van der Waals surface area contributed by atoms with Crippen LogP contribution in [0.1, 0.15) is 62.1 Å². The summed E-state index contributed by atoms with van der Waals surface area (Å²) < 4.78 is 5.68. The van der Waals surface area contributed by atoms with Crippen molar-refractivity contribution in [3.63, 3.8) is 0 Å². The molecule has 170 valence electrons. The molecule has 2 aromatic rings. The van der Waals surface area contributed by atoms with E-state index in [1.54, 1.807) is 7.11 Å². The number of anilines is 1. The molecule has 0 aromatic heterocycles. The summed E-state index contributed by atoms with van der Waals surface area (Å²) in [5.74, 6) is 0.589. The van der Waals surface area contributed by atoms with Gasteiger partial charge in [-0.1, -0.05) is 55.2 Å². The topological polar surface area (TPSA) is 49.9 Å². The Morgan fingerprint density at radius 3 is 2.38 bits per heavy atom. The number of hydrogen-bond acceptors (Lipinski definition) is 3. The van der Waals surface area contributed by atoms with E-state index in [-0.39, 0.29) is 17.7 Å². The van der Waals surface area contributed by atoms with Gasteiger partial charge in [-0.05, 0) is 44.4 Å². The SMILES string of the molecule is COc1ccccc1C1C(C(=O)N(C)C2CCCCC2)CCC(=O)N1c1ccc(C)cc1. The Hall–Kier alpha value is -2.82. The number of aryl methyl sites for hydroxylation is 1. The highest BCUT2D eigenvalue weighted by molar-refractivity contribution is 5.97. The van der Waals surface area contributed by atoms with Gasteiger partial charge in [0.2, 0.25) is 11.8 Å². The zero-order valence-electron chi connectivity index (χ0n) is 19.4. The van der Waals surface area contributed by atoms with Crippen LogP contribution in [0.3, 0.4) is 0 Å². The van der Waals surface area contributed by atoms with Gasteiger partial charge in [0, 0.05) is 30.8 Å². The summed E-state index contributed by atoms with van der Waals surface area (Å²) >= 11 is 0. The highest BCUT2D eigenvalue weighted by Crippen LogP contribution is 2.44. The first-order valence-corrected chi connectivity index (χ1v) is 11.8. The van der Waals surface area contributed by atoms with Crippen LogP contribution in [0.5, 0.6) is 5.75 Å². The van der Waals surface area contributed by atoms with Crippen molar-refractivity contribution in [2.24, 2.45) is 5.92 Å². The summed E-state index contributed by atoms with van der Waals surface area (Å²) in [6.45, 7) is 2.03. The van der Waals surface area contributed by atoms with Crippen LogP contribution in [-0.4, -0.2) is 36.9 Å².